The highest BCUT2D eigenvalue weighted by Crippen LogP contribution is 2.34. The Balaban J connectivity index is 2.01. The van der Waals surface area contributed by atoms with Gasteiger partial charge in [0, 0.05) is 13.1 Å². The van der Waals surface area contributed by atoms with Crippen LogP contribution in [-0.4, -0.2) is 51.6 Å². The van der Waals surface area contributed by atoms with Crippen LogP contribution in [0, 0.1) is 6.92 Å². The second-order valence-corrected chi connectivity index (χ2v) is 6.82. The number of carbonyl (C=O) groups excluding carboxylic acids is 1. The van der Waals surface area contributed by atoms with Crippen molar-refractivity contribution in [2.45, 2.75) is 39.2 Å². The van der Waals surface area contributed by atoms with Crippen LogP contribution in [0.3, 0.4) is 0 Å². The normalized spacial score (nSPS) is 18.4. The standard InChI is InChI=1S/C16H22N4O2S/c1-3-17-14-12-10(2)13(23-15(12)19-9-18-14)16(22)20-7-5-4-6-11(20)8-21/h9,11,21H,3-8H2,1-2H3,(H,17,18,19)/t11-/m1/s1. The lowest BCUT2D eigenvalue weighted by Crippen LogP contribution is -2.45. The van der Waals surface area contributed by atoms with Gasteiger partial charge in [0.25, 0.3) is 5.91 Å². The Morgan fingerprint density at radius 3 is 3.04 bits per heavy atom. The number of fused-ring (bicyclic) bond motifs is 1. The maximum Gasteiger partial charge on any atom is 0.264 e. The van der Waals surface area contributed by atoms with Crippen molar-refractivity contribution < 1.29 is 9.90 Å². The molecule has 1 aliphatic heterocycles. The molecule has 6 nitrogen and oxygen atoms in total. The first-order valence-electron chi connectivity index (χ1n) is 8.07. The fourth-order valence-corrected chi connectivity index (χ4v) is 4.27. The number of thiophene rings is 1. The van der Waals surface area contributed by atoms with Crippen molar-refractivity contribution in [2.75, 3.05) is 25.0 Å². The van der Waals surface area contributed by atoms with Crippen molar-refractivity contribution in [1.29, 1.82) is 0 Å². The number of aliphatic hydroxyl groups is 1. The lowest BCUT2D eigenvalue weighted by molar-refractivity contribution is 0.0507. The zero-order valence-corrected chi connectivity index (χ0v) is 14.3. The number of rotatable bonds is 4. The first-order chi connectivity index (χ1) is 11.2. The minimum atomic E-state index is -0.0693. The Labute approximate surface area is 139 Å². The monoisotopic (exact) mass is 334 g/mol. The molecule has 0 bridgehead atoms. The number of nitrogens with zero attached hydrogens (tertiary/aromatic N) is 3. The van der Waals surface area contributed by atoms with Gasteiger partial charge in [0.15, 0.2) is 0 Å². The lowest BCUT2D eigenvalue weighted by atomic mass is 10.0. The molecule has 2 aromatic rings. The molecule has 0 radical (unpaired) electrons. The Bertz CT molecular complexity index is 715. The molecule has 7 heteroatoms. The van der Waals surface area contributed by atoms with E-state index in [9.17, 15) is 9.90 Å². The Morgan fingerprint density at radius 2 is 2.30 bits per heavy atom. The summed E-state index contributed by atoms with van der Waals surface area (Å²) >= 11 is 1.41. The lowest BCUT2D eigenvalue weighted by Gasteiger charge is -2.34. The molecule has 124 valence electrons. The third-order valence-corrected chi connectivity index (χ3v) is 5.55. The number of aliphatic hydroxyl groups excluding tert-OH is 1. The van der Waals surface area contributed by atoms with Gasteiger partial charge in [-0.25, -0.2) is 9.97 Å². The number of nitrogens with one attached hydrogen (secondary N) is 1. The summed E-state index contributed by atoms with van der Waals surface area (Å²) in [5.74, 6) is 0.786. The highest BCUT2D eigenvalue weighted by molar-refractivity contribution is 7.20. The topological polar surface area (TPSA) is 78.4 Å². The van der Waals surface area contributed by atoms with E-state index in [1.807, 2.05) is 18.7 Å². The number of aryl methyl sites for hydroxylation is 1. The molecule has 2 aromatic heterocycles. The van der Waals surface area contributed by atoms with Gasteiger partial charge in [0.1, 0.15) is 17.0 Å². The van der Waals surface area contributed by atoms with Crippen molar-refractivity contribution in [3.8, 4) is 0 Å². The average molecular weight is 334 g/mol. The molecular formula is C16H22N4O2S. The fourth-order valence-electron chi connectivity index (χ4n) is 3.17. The maximum absolute atomic E-state index is 13.0. The average Bonchev–Trinajstić information content (AvgIpc) is 2.92. The molecule has 0 spiro atoms. The van der Waals surface area contributed by atoms with E-state index in [2.05, 4.69) is 15.3 Å². The minimum absolute atomic E-state index is 0.00620. The summed E-state index contributed by atoms with van der Waals surface area (Å²) in [6.07, 6.45) is 4.46. The van der Waals surface area contributed by atoms with E-state index in [0.29, 0.717) is 11.4 Å². The van der Waals surface area contributed by atoms with E-state index in [4.69, 9.17) is 0 Å². The van der Waals surface area contributed by atoms with Gasteiger partial charge >= 0.3 is 0 Å². The predicted molar refractivity (Wildman–Crippen MR) is 92.1 cm³/mol. The SMILES string of the molecule is CCNc1ncnc2sc(C(=O)N3CCCC[C@@H]3CO)c(C)c12. The zero-order valence-electron chi connectivity index (χ0n) is 13.5. The summed E-state index contributed by atoms with van der Waals surface area (Å²) in [5, 5.41) is 13.7. The molecule has 3 heterocycles. The van der Waals surface area contributed by atoms with Crippen molar-refractivity contribution in [3.63, 3.8) is 0 Å². The summed E-state index contributed by atoms with van der Waals surface area (Å²) < 4.78 is 0. The number of anilines is 1. The van der Waals surface area contributed by atoms with Crippen molar-refractivity contribution in [3.05, 3.63) is 16.8 Å². The van der Waals surface area contributed by atoms with Crippen LogP contribution in [0.5, 0.6) is 0 Å². The fraction of sp³-hybridized carbons (Fsp3) is 0.562. The number of amides is 1. The molecule has 0 aliphatic carbocycles. The molecule has 0 unspecified atom stereocenters. The van der Waals surface area contributed by atoms with E-state index >= 15 is 0 Å². The van der Waals surface area contributed by atoms with Gasteiger partial charge in [-0.3, -0.25) is 4.79 Å². The van der Waals surface area contributed by atoms with Crippen molar-refractivity contribution in [2.24, 2.45) is 0 Å². The molecule has 0 aromatic carbocycles. The van der Waals surface area contributed by atoms with Crippen LogP contribution in [0.15, 0.2) is 6.33 Å². The van der Waals surface area contributed by atoms with E-state index in [0.717, 1.165) is 47.4 Å². The molecule has 3 rings (SSSR count). The van der Waals surface area contributed by atoms with Crippen LogP contribution in [0.2, 0.25) is 0 Å². The third-order valence-electron chi connectivity index (χ3n) is 4.36. The largest absolute Gasteiger partial charge is 0.394 e. The molecular weight excluding hydrogens is 312 g/mol. The molecule has 1 aliphatic rings. The maximum atomic E-state index is 13.0. The Morgan fingerprint density at radius 1 is 1.48 bits per heavy atom. The predicted octanol–water partition coefficient (Wildman–Crippen LogP) is 2.42. The smallest absolute Gasteiger partial charge is 0.264 e. The number of likely N-dealkylation sites (tertiary alicyclic amines) is 1. The second-order valence-electron chi connectivity index (χ2n) is 5.82. The van der Waals surface area contributed by atoms with Crippen LogP contribution in [-0.2, 0) is 0 Å². The van der Waals surface area contributed by atoms with Crippen LogP contribution in [0.1, 0.15) is 41.4 Å². The minimum Gasteiger partial charge on any atom is -0.394 e. The molecule has 0 saturated carbocycles. The summed E-state index contributed by atoms with van der Waals surface area (Å²) in [5.41, 5.74) is 0.925. The second kappa shape index (κ2) is 6.80. The number of hydrogen-bond acceptors (Lipinski definition) is 6. The van der Waals surface area contributed by atoms with E-state index in [-0.39, 0.29) is 18.6 Å². The van der Waals surface area contributed by atoms with Gasteiger partial charge in [0.05, 0.1) is 22.9 Å². The molecule has 23 heavy (non-hydrogen) atoms. The molecule has 1 atom stereocenters. The number of carbonyl (C=O) groups is 1. The molecule has 2 N–H and O–H groups in total. The highest BCUT2D eigenvalue weighted by Gasteiger charge is 2.30. The van der Waals surface area contributed by atoms with E-state index < -0.39 is 0 Å². The number of aromatic nitrogens is 2. The third kappa shape index (κ3) is 2.90. The first-order valence-corrected chi connectivity index (χ1v) is 8.88. The Hall–Kier alpha value is -1.73. The van der Waals surface area contributed by atoms with Gasteiger partial charge < -0.3 is 15.3 Å². The Kier molecular flexibility index (Phi) is 4.77. The van der Waals surface area contributed by atoms with Gasteiger partial charge in [-0.2, -0.15) is 0 Å². The number of piperidine rings is 1. The summed E-state index contributed by atoms with van der Waals surface area (Å²) in [4.78, 5) is 25.0. The number of hydrogen-bond donors (Lipinski definition) is 2. The van der Waals surface area contributed by atoms with Crippen molar-refractivity contribution in [1.82, 2.24) is 14.9 Å². The first kappa shape index (κ1) is 16.1. The van der Waals surface area contributed by atoms with E-state index in [1.165, 1.54) is 17.7 Å². The van der Waals surface area contributed by atoms with Crippen LogP contribution in [0.25, 0.3) is 10.2 Å². The van der Waals surface area contributed by atoms with Crippen LogP contribution < -0.4 is 5.32 Å². The van der Waals surface area contributed by atoms with Gasteiger partial charge in [-0.1, -0.05) is 0 Å². The van der Waals surface area contributed by atoms with Gasteiger partial charge in [-0.05, 0) is 38.7 Å². The summed E-state index contributed by atoms with van der Waals surface area (Å²) in [7, 11) is 0. The highest BCUT2D eigenvalue weighted by atomic mass is 32.1. The summed E-state index contributed by atoms with van der Waals surface area (Å²) in [6.45, 7) is 5.47. The molecule has 1 saturated heterocycles. The van der Waals surface area contributed by atoms with E-state index in [1.54, 1.807) is 0 Å². The van der Waals surface area contributed by atoms with Crippen LogP contribution >= 0.6 is 11.3 Å². The van der Waals surface area contributed by atoms with Crippen molar-refractivity contribution >= 4 is 33.3 Å². The zero-order chi connectivity index (χ0) is 16.4. The van der Waals surface area contributed by atoms with Crippen LogP contribution in [0.4, 0.5) is 5.82 Å². The van der Waals surface area contributed by atoms with Gasteiger partial charge in [0.2, 0.25) is 0 Å². The summed E-state index contributed by atoms with van der Waals surface area (Å²) in [6, 6.07) is -0.0693. The molecule has 1 fully saturated rings. The quantitative estimate of drug-likeness (QED) is 0.898. The molecule has 1 amide bonds. The van der Waals surface area contributed by atoms with Gasteiger partial charge in [-0.15, -0.1) is 11.3 Å².